The van der Waals surface area contributed by atoms with Crippen molar-refractivity contribution in [3.63, 3.8) is 0 Å². The van der Waals surface area contributed by atoms with Gasteiger partial charge < -0.3 is 10.6 Å². The number of rotatable bonds is 7. The molecule has 0 aromatic heterocycles. The third kappa shape index (κ3) is 5.10. The summed E-state index contributed by atoms with van der Waals surface area (Å²) in [5, 5.41) is 7.36. The van der Waals surface area contributed by atoms with Gasteiger partial charge in [0.2, 0.25) is 5.91 Å². The number of amides is 6. The van der Waals surface area contributed by atoms with E-state index in [9.17, 15) is 36.0 Å². The Hall–Kier alpha value is -3.97. The maximum Gasteiger partial charge on any atom is 0.363 e. The molecule has 0 aliphatic carbocycles. The van der Waals surface area contributed by atoms with E-state index in [2.05, 4.69) is 20.7 Å². The van der Waals surface area contributed by atoms with Crippen LogP contribution in [0.15, 0.2) is 35.4 Å². The summed E-state index contributed by atoms with van der Waals surface area (Å²) < 4.78 is 63.2. The molecule has 1 aromatic carbocycles. The van der Waals surface area contributed by atoms with Crippen molar-refractivity contribution < 1.29 is 45.1 Å². The highest BCUT2D eigenvalue weighted by atomic mass is 32.2. The monoisotopic (exact) mass is 532 g/mol. The highest BCUT2D eigenvalue weighted by Gasteiger charge is 2.54. The molecule has 188 valence electrons. The van der Waals surface area contributed by atoms with Gasteiger partial charge in [-0.2, -0.15) is 21.1 Å². The number of β-lactam (4-membered cyclic amide) rings is 1. The number of benzene rings is 1. The van der Waals surface area contributed by atoms with Gasteiger partial charge >= 0.3 is 32.7 Å². The predicted molar refractivity (Wildman–Crippen MR) is 111 cm³/mol. The van der Waals surface area contributed by atoms with Crippen LogP contribution >= 0.6 is 0 Å². The third-order valence-electron chi connectivity index (χ3n) is 4.90. The number of carbonyl (C=O) groups excluding carboxylic acids is 4. The van der Waals surface area contributed by atoms with Gasteiger partial charge in [-0.3, -0.25) is 18.7 Å². The molecule has 20 heteroatoms. The van der Waals surface area contributed by atoms with Crippen LogP contribution in [-0.4, -0.2) is 88.6 Å². The van der Waals surface area contributed by atoms with E-state index in [1.807, 2.05) is 0 Å². The lowest BCUT2D eigenvalue weighted by Crippen LogP contribution is -2.71. The average Bonchev–Trinajstić information content (AvgIpc) is 3.17. The van der Waals surface area contributed by atoms with Crippen molar-refractivity contribution in [1.29, 1.82) is 0 Å². The number of nitrogens with one attached hydrogen (secondary N) is 2. The van der Waals surface area contributed by atoms with Crippen LogP contribution in [0.2, 0.25) is 0 Å². The fourth-order valence-corrected chi connectivity index (χ4v) is 4.69. The fourth-order valence-electron chi connectivity index (χ4n) is 3.30. The van der Waals surface area contributed by atoms with Gasteiger partial charge in [0.15, 0.2) is 6.17 Å². The van der Waals surface area contributed by atoms with Gasteiger partial charge in [0, 0.05) is 4.91 Å². The number of hydrogen-bond acceptors (Lipinski definition) is 9. The Kier molecular flexibility index (Phi) is 6.85. The van der Waals surface area contributed by atoms with Gasteiger partial charge in [-0.15, -0.1) is 0 Å². The zero-order valence-electron chi connectivity index (χ0n) is 17.2. The van der Waals surface area contributed by atoms with Crippen molar-refractivity contribution in [2.45, 2.75) is 18.2 Å². The molecule has 2 fully saturated rings. The second-order valence-corrected chi connectivity index (χ2v) is 9.62. The van der Waals surface area contributed by atoms with Crippen LogP contribution < -0.4 is 10.6 Å². The molecule has 4 N–H and O–H groups in total. The molecule has 2 aliphatic rings. The molecule has 35 heavy (non-hydrogen) atoms. The fraction of sp³-hybridized carbons (Fsp3) is 0.333. The first-order valence-electron chi connectivity index (χ1n) is 9.34. The SMILES string of the molecule is [N-]=[N+]=N[C@@H]1[C@H](NC(=O)C(NC(=O)N2CCN(S(=O)(=O)O)C2=O)c2ccccc2)C(=O)N1S(=O)(=O)O. The highest BCUT2D eigenvalue weighted by Crippen LogP contribution is 2.26. The van der Waals surface area contributed by atoms with Crippen molar-refractivity contribution in [2.24, 2.45) is 5.11 Å². The first kappa shape index (κ1) is 25.6. The molecular weight excluding hydrogens is 516 g/mol. The number of azide groups is 1. The lowest BCUT2D eigenvalue weighted by Gasteiger charge is -2.41. The molecule has 1 unspecified atom stereocenters. The molecule has 0 saturated carbocycles. The molecule has 2 saturated heterocycles. The van der Waals surface area contributed by atoms with E-state index in [1.54, 1.807) is 6.07 Å². The zero-order chi connectivity index (χ0) is 26.1. The number of urea groups is 2. The lowest BCUT2D eigenvalue weighted by molar-refractivity contribution is -0.145. The maximum absolute atomic E-state index is 13.0. The van der Waals surface area contributed by atoms with E-state index in [0.29, 0.717) is 4.90 Å². The van der Waals surface area contributed by atoms with E-state index in [1.165, 1.54) is 24.3 Å². The van der Waals surface area contributed by atoms with Crippen LogP contribution in [0.4, 0.5) is 9.59 Å². The number of nitrogens with zero attached hydrogens (tertiary/aromatic N) is 6. The highest BCUT2D eigenvalue weighted by molar-refractivity contribution is 7.84. The van der Waals surface area contributed by atoms with E-state index in [0.717, 1.165) is 0 Å². The summed E-state index contributed by atoms with van der Waals surface area (Å²) in [5.74, 6) is -2.43. The van der Waals surface area contributed by atoms with Crippen LogP contribution in [0.1, 0.15) is 11.6 Å². The number of imide groups is 1. The van der Waals surface area contributed by atoms with Crippen LogP contribution in [0.3, 0.4) is 0 Å². The summed E-state index contributed by atoms with van der Waals surface area (Å²) in [4.78, 5) is 52.7. The topological polar surface area (TPSA) is 260 Å². The van der Waals surface area contributed by atoms with Gasteiger partial charge in [-0.25, -0.2) is 18.8 Å². The Morgan fingerprint density at radius 1 is 1.09 bits per heavy atom. The van der Waals surface area contributed by atoms with Crippen molar-refractivity contribution >= 4 is 44.5 Å². The minimum Gasteiger partial charge on any atom is -0.340 e. The van der Waals surface area contributed by atoms with E-state index >= 15 is 0 Å². The van der Waals surface area contributed by atoms with E-state index in [-0.39, 0.29) is 14.2 Å². The van der Waals surface area contributed by atoms with Crippen molar-refractivity contribution in [1.82, 2.24) is 24.1 Å². The second-order valence-electron chi connectivity index (χ2n) is 6.99. The Balaban J connectivity index is 1.83. The number of carbonyl (C=O) groups is 4. The smallest absolute Gasteiger partial charge is 0.340 e. The Labute approximate surface area is 196 Å². The van der Waals surface area contributed by atoms with Crippen molar-refractivity contribution in [3.8, 4) is 0 Å². The molecule has 1 aromatic rings. The predicted octanol–water partition coefficient (Wildman–Crippen LogP) is -1.26. The molecule has 0 spiro atoms. The van der Waals surface area contributed by atoms with Crippen molar-refractivity contribution in [3.05, 3.63) is 46.3 Å². The van der Waals surface area contributed by atoms with Crippen LogP contribution in [0, 0.1) is 0 Å². The molecule has 3 rings (SSSR count). The van der Waals surface area contributed by atoms with Crippen molar-refractivity contribution in [2.75, 3.05) is 13.1 Å². The molecule has 6 amide bonds. The summed E-state index contributed by atoms with van der Waals surface area (Å²) in [5.41, 5.74) is 8.76. The van der Waals surface area contributed by atoms with Crippen LogP contribution in [0.25, 0.3) is 10.4 Å². The largest absolute Gasteiger partial charge is 0.363 e. The summed E-state index contributed by atoms with van der Waals surface area (Å²) in [6.07, 6.45) is -1.83. The molecule has 3 atom stereocenters. The zero-order valence-corrected chi connectivity index (χ0v) is 18.8. The molecular formula is C15H16N8O10S2. The standard InChI is InChI=1S/C15H16N8O10S2/c16-20-19-11-10(13(25)23(11)35(31,32)33)17-12(24)9(8-4-2-1-3-5-8)18-14(26)21-6-7-22(15(21)27)34(28,29)30/h1-5,9-11H,6-7H2,(H,17,24)(H,18,26)(H,28,29,30)(H,31,32,33)/t9?,10-,11-/m0/s1. The van der Waals surface area contributed by atoms with Gasteiger partial charge in [-0.1, -0.05) is 35.4 Å². The molecule has 0 bridgehead atoms. The molecule has 0 radical (unpaired) electrons. The summed E-state index contributed by atoms with van der Waals surface area (Å²) >= 11 is 0. The Morgan fingerprint density at radius 3 is 2.23 bits per heavy atom. The first-order chi connectivity index (χ1) is 16.3. The minimum absolute atomic E-state index is 0.0333. The Morgan fingerprint density at radius 2 is 1.71 bits per heavy atom. The Bertz CT molecular complexity index is 1330. The lowest BCUT2D eigenvalue weighted by atomic mass is 10.0. The van der Waals surface area contributed by atoms with Gasteiger partial charge in [0.1, 0.15) is 12.1 Å². The molecule has 2 heterocycles. The molecule has 2 aliphatic heterocycles. The quantitative estimate of drug-likeness (QED) is 0.106. The second kappa shape index (κ2) is 9.35. The molecule has 18 nitrogen and oxygen atoms in total. The van der Waals surface area contributed by atoms with Gasteiger partial charge in [0.25, 0.3) is 5.91 Å². The maximum atomic E-state index is 13.0. The normalized spacial score (nSPS) is 21.1. The summed E-state index contributed by atoms with van der Waals surface area (Å²) in [6.45, 7) is -0.986. The van der Waals surface area contributed by atoms with E-state index < -0.39 is 75.8 Å². The average molecular weight is 532 g/mol. The van der Waals surface area contributed by atoms with Crippen LogP contribution in [0.5, 0.6) is 0 Å². The van der Waals surface area contributed by atoms with E-state index in [4.69, 9.17) is 14.6 Å². The van der Waals surface area contributed by atoms with Gasteiger partial charge in [0.05, 0.1) is 13.1 Å². The first-order valence-corrected chi connectivity index (χ1v) is 12.1. The number of hydrogen-bond donors (Lipinski definition) is 4. The van der Waals surface area contributed by atoms with Crippen LogP contribution in [-0.2, 0) is 30.2 Å². The summed E-state index contributed by atoms with van der Waals surface area (Å²) in [6, 6.07) is 1.40. The minimum atomic E-state index is -5.10. The van der Waals surface area contributed by atoms with Gasteiger partial charge in [-0.05, 0) is 11.1 Å². The third-order valence-corrected chi connectivity index (χ3v) is 6.68. The summed E-state index contributed by atoms with van der Waals surface area (Å²) in [7, 11) is -10.0.